The molecule has 0 aliphatic carbocycles. The number of nitrogens with zero attached hydrogens (tertiary/aromatic N) is 1. The van der Waals surface area contributed by atoms with E-state index >= 15 is 0 Å². The number of urea groups is 1. The van der Waals surface area contributed by atoms with E-state index in [-0.39, 0.29) is 18.0 Å². The molecule has 1 aliphatic rings. The number of ether oxygens (including phenoxy) is 2. The van der Waals surface area contributed by atoms with Gasteiger partial charge in [0.2, 0.25) is 5.91 Å². The Bertz CT molecular complexity index is 621. The van der Waals surface area contributed by atoms with Crippen LogP contribution in [0.4, 0.5) is 4.79 Å². The van der Waals surface area contributed by atoms with E-state index in [4.69, 9.17) is 9.47 Å². The van der Waals surface area contributed by atoms with Crippen molar-refractivity contribution in [3.05, 3.63) is 23.8 Å². The molecular weight excluding hydrogens is 334 g/mol. The van der Waals surface area contributed by atoms with Gasteiger partial charge in [-0.3, -0.25) is 4.79 Å². The van der Waals surface area contributed by atoms with Gasteiger partial charge in [-0.2, -0.15) is 0 Å². The van der Waals surface area contributed by atoms with E-state index in [1.165, 1.54) is 0 Å². The van der Waals surface area contributed by atoms with Crippen LogP contribution in [0.25, 0.3) is 0 Å². The average molecular weight is 363 g/mol. The van der Waals surface area contributed by atoms with Gasteiger partial charge < -0.3 is 25.0 Å². The van der Waals surface area contributed by atoms with Gasteiger partial charge in [-0.25, -0.2) is 4.79 Å². The van der Waals surface area contributed by atoms with Gasteiger partial charge in [0.1, 0.15) is 11.5 Å². The first-order valence-electron chi connectivity index (χ1n) is 9.09. The van der Waals surface area contributed by atoms with Crippen LogP contribution in [0.15, 0.2) is 18.2 Å². The lowest BCUT2D eigenvalue weighted by Gasteiger charge is -2.22. The van der Waals surface area contributed by atoms with Crippen LogP contribution >= 0.6 is 0 Å². The minimum absolute atomic E-state index is 0.180. The molecule has 2 rings (SSSR count). The zero-order valence-corrected chi connectivity index (χ0v) is 15.8. The standard InChI is InChI=1S/C19H29N3O4/c1-14(16-13-15(25-2)8-9-17(16)26-3)21-19(24)20-10-12-22-11-6-4-5-7-18(22)23/h8-9,13-14H,4-7,10-12H2,1-3H3,(H2,20,21,24)/t14-/m1/s1. The maximum absolute atomic E-state index is 12.2. The molecule has 1 heterocycles. The predicted molar refractivity (Wildman–Crippen MR) is 99.5 cm³/mol. The Morgan fingerprint density at radius 2 is 2.04 bits per heavy atom. The van der Waals surface area contributed by atoms with Gasteiger partial charge in [-0.15, -0.1) is 0 Å². The smallest absolute Gasteiger partial charge is 0.315 e. The molecule has 0 radical (unpaired) electrons. The van der Waals surface area contributed by atoms with Crippen molar-refractivity contribution in [1.29, 1.82) is 0 Å². The van der Waals surface area contributed by atoms with Gasteiger partial charge in [0.05, 0.1) is 20.3 Å². The van der Waals surface area contributed by atoms with Crippen LogP contribution in [0.5, 0.6) is 11.5 Å². The number of nitrogens with one attached hydrogen (secondary N) is 2. The second-order valence-corrected chi connectivity index (χ2v) is 6.42. The number of hydrogen-bond acceptors (Lipinski definition) is 4. The van der Waals surface area contributed by atoms with Crippen molar-refractivity contribution >= 4 is 11.9 Å². The van der Waals surface area contributed by atoms with Gasteiger partial charge in [-0.05, 0) is 38.0 Å². The van der Waals surface area contributed by atoms with Crippen molar-refractivity contribution < 1.29 is 19.1 Å². The number of carbonyl (C=O) groups excluding carboxylic acids is 2. The van der Waals surface area contributed by atoms with E-state index in [1.54, 1.807) is 14.2 Å². The third-order valence-electron chi connectivity index (χ3n) is 4.59. The van der Waals surface area contributed by atoms with E-state index < -0.39 is 0 Å². The Balaban J connectivity index is 1.84. The summed E-state index contributed by atoms with van der Waals surface area (Å²) in [6.45, 7) is 3.64. The SMILES string of the molecule is COc1ccc(OC)c([C@@H](C)NC(=O)NCCN2CCCCCC2=O)c1. The zero-order chi connectivity index (χ0) is 18.9. The molecule has 3 amide bonds. The van der Waals surface area contributed by atoms with Gasteiger partial charge in [0, 0.05) is 31.6 Å². The summed E-state index contributed by atoms with van der Waals surface area (Å²) >= 11 is 0. The van der Waals surface area contributed by atoms with E-state index in [0.717, 1.165) is 31.4 Å². The van der Waals surface area contributed by atoms with Gasteiger partial charge in [-0.1, -0.05) is 6.42 Å². The molecule has 7 nitrogen and oxygen atoms in total. The van der Waals surface area contributed by atoms with Gasteiger partial charge in [0.25, 0.3) is 0 Å². The molecule has 2 N–H and O–H groups in total. The molecule has 7 heteroatoms. The monoisotopic (exact) mass is 363 g/mol. The molecule has 0 unspecified atom stereocenters. The molecule has 0 aromatic heterocycles. The van der Waals surface area contributed by atoms with Crippen LogP contribution in [0, 0.1) is 0 Å². The maximum atomic E-state index is 12.2. The molecule has 1 atom stereocenters. The molecule has 1 aromatic rings. The predicted octanol–water partition coefficient (Wildman–Crippen LogP) is 2.47. The first-order chi connectivity index (χ1) is 12.5. The molecule has 1 fully saturated rings. The lowest BCUT2D eigenvalue weighted by molar-refractivity contribution is -0.130. The number of carbonyl (C=O) groups is 2. The third kappa shape index (κ3) is 5.54. The number of benzene rings is 1. The van der Waals surface area contributed by atoms with Crippen molar-refractivity contribution in [2.75, 3.05) is 33.9 Å². The zero-order valence-electron chi connectivity index (χ0n) is 15.8. The molecular formula is C19H29N3O4. The molecule has 1 aliphatic heterocycles. The summed E-state index contributed by atoms with van der Waals surface area (Å²) in [6.07, 6.45) is 3.70. The summed E-state index contributed by atoms with van der Waals surface area (Å²) < 4.78 is 10.6. The normalized spacial score (nSPS) is 15.8. The van der Waals surface area contributed by atoms with Crippen molar-refractivity contribution in [3.8, 4) is 11.5 Å². The topological polar surface area (TPSA) is 79.9 Å². The second-order valence-electron chi connectivity index (χ2n) is 6.42. The minimum Gasteiger partial charge on any atom is -0.497 e. The van der Waals surface area contributed by atoms with E-state index in [9.17, 15) is 9.59 Å². The van der Waals surface area contributed by atoms with Crippen LogP contribution < -0.4 is 20.1 Å². The van der Waals surface area contributed by atoms with Crippen molar-refractivity contribution in [3.63, 3.8) is 0 Å². The number of likely N-dealkylation sites (tertiary alicyclic amines) is 1. The Morgan fingerprint density at radius 3 is 2.77 bits per heavy atom. The molecule has 1 aromatic carbocycles. The highest BCUT2D eigenvalue weighted by Gasteiger charge is 2.17. The van der Waals surface area contributed by atoms with Crippen molar-refractivity contribution in [1.82, 2.24) is 15.5 Å². The fourth-order valence-corrected chi connectivity index (χ4v) is 3.08. The van der Waals surface area contributed by atoms with E-state index in [2.05, 4.69) is 10.6 Å². The van der Waals surface area contributed by atoms with Gasteiger partial charge >= 0.3 is 6.03 Å². The Kier molecular flexibility index (Phi) is 7.56. The van der Waals surface area contributed by atoms with Crippen molar-refractivity contribution in [2.24, 2.45) is 0 Å². The Morgan fingerprint density at radius 1 is 1.23 bits per heavy atom. The lowest BCUT2D eigenvalue weighted by Crippen LogP contribution is -2.42. The van der Waals surface area contributed by atoms with Crippen LogP contribution in [-0.2, 0) is 4.79 Å². The first-order valence-corrected chi connectivity index (χ1v) is 9.09. The van der Waals surface area contributed by atoms with Crippen LogP contribution in [0.1, 0.15) is 44.2 Å². The lowest BCUT2D eigenvalue weighted by atomic mass is 10.1. The minimum atomic E-state index is -0.273. The van der Waals surface area contributed by atoms with Crippen molar-refractivity contribution in [2.45, 2.75) is 38.6 Å². The van der Waals surface area contributed by atoms with Crippen LogP contribution in [-0.4, -0.2) is 50.7 Å². The third-order valence-corrected chi connectivity index (χ3v) is 4.59. The number of amides is 3. The summed E-state index contributed by atoms with van der Waals surface area (Å²) in [5, 5.41) is 5.72. The Hall–Kier alpha value is -2.44. The first kappa shape index (κ1) is 19.9. The number of methoxy groups -OCH3 is 2. The largest absolute Gasteiger partial charge is 0.497 e. The Labute approximate surface area is 155 Å². The summed E-state index contributed by atoms with van der Waals surface area (Å²) in [6, 6.07) is 4.95. The second kappa shape index (κ2) is 9.89. The molecule has 144 valence electrons. The molecule has 0 saturated carbocycles. The van der Waals surface area contributed by atoms with Gasteiger partial charge in [0.15, 0.2) is 0 Å². The average Bonchev–Trinajstić information content (AvgIpc) is 2.85. The molecule has 26 heavy (non-hydrogen) atoms. The van der Waals surface area contributed by atoms with Crippen LogP contribution in [0.3, 0.4) is 0 Å². The quantitative estimate of drug-likeness (QED) is 0.780. The van der Waals surface area contributed by atoms with E-state index in [0.29, 0.717) is 31.0 Å². The summed E-state index contributed by atoms with van der Waals surface area (Å²) in [5.41, 5.74) is 0.838. The molecule has 1 saturated heterocycles. The summed E-state index contributed by atoms with van der Waals surface area (Å²) in [5.74, 6) is 1.57. The number of hydrogen-bond donors (Lipinski definition) is 2. The fraction of sp³-hybridized carbons (Fsp3) is 0.579. The molecule has 0 spiro atoms. The highest BCUT2D eigenvalue weighted by Crippen LogP contribution is 2.29. The fourth-order valence-electron chi connectivity index (χ4n) is 3.08. The molecule has 0 bridgehead atoms. The summed E-state index contributed by atoms with van der Waals surface area (Å²) in [4.78, 5) is 26.0. The van der Waals surface area contributed by atoms with Crippen LogP contribution in [0.2, 0.25) is 0 Å². The maximum Gasteiger partial charge on any atom is 0.315 e. The number of rotatable bonds is 7. The van der Waals surface area contributed by atoms with E-state index in [1.807, 2.05) is 30.0 Å². The summed E-state index contributed by atoms with van der Waals surface area (Å²) in [7, 11) is 3.19. The highest BCUT2D eigenvalue weighted by molar-refractivity contribution is 5.77. The highest BCUT2D eigenvalue weighted by atomic mass is 16.5.